The topological polar surface area (TPSA) is 42.4 Å². The maximum absolute atomic E-state index is 13.6. The van der Waals surface area contributed by atoms with Gasteiger partial charge in [-0.1, -0.05) is 0 Å². The molecule has 2 aliphatic rings. The van der Waals surface area contributed by atoms with Crippen molar-refractivity contribution in [2.75, 3.05) is 0 Å². The van der Waals surface area contributed by atoms with Crippen LogP contribution in [0.1, 0.15) is 39.5 Å². The van der Waals surface area contributed by atoms with Gasteiger partial charge in [0.25, 0.3) is 0 Å². The normalized spacial score (nSPS) is 27.4. The Morgan fingerprint density at radius 1 is 1.28 bits per heavy atom. The molecule has 0 spiro atoms. The zero-order valence-corrected chi connectivity index (χ0v) is 14.6. The van der Waals surface area contributed by atoms with E-state index >= 15 is 0 Å². The monoisotopic (exact) mass is 342 g/mol. The first-order valence-corrected chi connectivity index (χ1v) is 9.01. The highest BCUT2D eigenvalue weighted by molar-refractivity contribution is 5.84. The van der Waals surface area contributed by atoms with E-state index in [0.29, 0.717) is 17.8 Å². The zero-order chi connectivity index (χ0) is 17.6. The third kappa shape index (κ3) is 3.01. The van der Waals surface area contributed by atoms with E-state index in [1.54, 1.807) is 19.2 Å². The number of carbonyl (C=O) groups is 1. The summed E-state index contributed by atoms with van der Waals surface area (Å²) in [4.78, 5) is 18.5. The first kappa shape index (κ1) is 16.5. The highest BCUT2D eigenvalue weighted by atomic mass is 19.1. The van der Waals surface area contributed by atoms with Gasteiger partial charge in [-0.2, -0.15) is 0 Å². The molecule has 0 radical (unpaired) electrons. The van der Waals surface area contributed by atoms with Gasteiger partial charge in [-0.15, -0.1) is 0 Å². The van der Waals surface area contributed by atoms with Crippen molar-refractivity contribution in [3.63, 3.8) is 0 Å². The smallest absolute Gasteiger partial charge is 0.146 e. The second kappa shape index (κ2) is 6.37. The Morgan fingerprint density at radius 3 is 2.68 bits per heavy atom. The number of fused-ring (bicyclic) bond motifs is 3. The average Bonchev–Trinajstić information content (AvgIpc) is 2.85. The minimum absolute atomic E-state index is 0.0192. The lowest BCUT2D eigenvalue weighted by molar-refractivity contribution is -0.124. The second-order valence-electron chi connectivity index (χ2n) is 7.30. The van der Waals surface area contributed by atoms with Crippen molar-refractivity contribution in [1.82, 2.24) is 9.88 Å². The Morgan fingerprint density at radius 2 is 2.00 bits per heavy atom. The van der Waals surface area contributed by atoms with Crippen LogP contribution in [0, 0.1) is 5.82 Å². The van der Waals surface area contributed by atoms with Crippen LogP contribution in [-0.2, 0) is 4.79 Å². The summed E-state index contributed by atoms with van der Waals surface area (Å²) in [5, 5.41) is 0.717. The summed E-state index contributed by atoms with van der Waals surface area (Å²) in [6, 6.07) is 7.17. The molecule has 132 valence electrons. The number of ketones is 1. The number of rotatable bonds is 4. The van der Waals surface area contributed by atoms with E-state index in [1.807, 2.05) is 13.0 Å². The molecule has 0 saturated carbocycles. The first-order valence-electron chi connectivity index (χ1n) is 9.01. The molecule has 3 atom stereocenters. The predicted octanol–water partition coefficient (Wildman–Crippen LogP) is 3.73. The minimum Gasteiger partial charge on any atom is -0.490 e. The quantitative estimate of drug-likeness (QED) is 0.849. The summed E-state index contributed by atoms with van der Waals surface area (Å²) in [6.45, 7) is 3.68. The van der Waals surface area contributed by atoms with Crippen molar-refractivity contribution in [2.45, 2.75) is 63.8 Å². The summed E-state index contributed by atoms with van der Waals surface area (Å²) in [6.07, 6.45) is 5.86. The Bertz CT molecular complexity index is 795. The fourth-order valence-electron chi connectivity index (χ4n) is 4.48. The SMILES string of the molecule is CC(=O)C(C)N1C2CCC1CC(Oc1ccnc3ccc(F)cc13)C2. The molecule has 2 aromatic rings. The van der Waals surface area contributed by atoms with E-state index in [4.69, 9.17) is 4.74 Å². The van der Waals surface area contributed by atoms with Crippen LogP contribution >= 0.6 is 0 Å². The number of benzene rings is 1. The van der Waals surface area contributed by atoms with Gasteiger partial charge in [-0.05, 0) is 63.8 Å². The Kier molecular flexibility index (Phi) is 4.20. The van der Waals surface area contributed by atoms with Crippen LogP contribution in [0.4, 0.5) is 4.39 Å². The molecular weight excluding hydrogens is 319 g/mol. The summed E-state index contributed by atoms with van der Waals surface area (Å²) in [5.74, 6) is 0.643. The lowest BCUT2D eigenvalue weighted by Crippen LogP contribution is -2.52. The first-order chi connectivity index (χ1) is 12.0. The van der Waals surface area contributed by atoms with Crippen LogP contribution in [0.15, 0.2) is 30.5 Å². The molecule has 0 amide bonds. The fourth-order valence-corrected chi connectivity index (χ4v) is 4.48. The van der Waals surface area contributed by atoms with E-state index < -0.39 is 0 Å². The number of aromatic nitrogens is 1. The highest BCUT2D eigenvalue weighted by Crippen LogP contribution is 2.39. The van der Waals surface area contributed by atoms with Crippen molar-refractivity contribution in [1.29, 1.82) is 0 Å². The molecule has 2 bridgehead atoms. The molecule has 3 heterocycles. The molecule has 4 nitrogen and oxygen atoms in total. The van der Waals surface area contributed by atoms with Gasteiger partial charge in [-0.25, -0.2) is 4.39 Å². The zero-order valence-electron chi connectivity index (χ0n) is 14.6. The van der Waals surface area contributed by atoms with E-state index in [-0.39, 0.29) is 23.7 Å². The number of hydrogen-bond acceptors (Lipinski definition) is 4. The molecule has 2 aliphatic heterocycles. The number of nitrogens with zero attached hydrogens (tertiary/aromatic N) is 2. The van der Waals surface area contributed by atoms with Crippen molar-refractivity contribution >= 4 is 16.7 Å². The van der Waals surface area contributed by atoms with E-state index in [2.05, 4.69) is 9.88 Å². The molecule has 0 aliphatic carbocycles. The lowest BCUT2D eigenvalue weighted by Gasteiger charge is -2.41. The molecule has 1 aromatic carbocycles. The maximum atomic E-state index is 13.6. The van der Waals surface area contributed by atoms with Gasteiger partial charge in [0, 0.05) is 23.7 Å². The van der Waals surface area contributed by atoms with Crippen molar-refractivity contribution in [2.24, 2.45) is 0 Å². The summed E-state index contributed by atoms with van der Waals surface area (Å²) in [5.41, 5.74) is 0.740. The van der Waals surface area contributed by atoms with Gasteiger partial charge in [0.2, 0.25) is 0 Å². The van der Waals surface area contributed by atoms with Gasteiger partial charge in [0.1, 0.15) is 23.5 Å². The highest BCUT2D eigenvalue weighted by Gasteiger charge is 2.44. The van der Waals surface area contributed by atoms with Gasteiger partial charge in [0.15, 0.2) is 0 Å². The number of piperidine rings is 1. The molecular formula is C20H23FN2O2. The van der Waals surface area contributed by atoms with Gasteiger partial charge in [0.05, 0.1) is 11.6 Å². The molecule has 3 unspecified atom stereocenters. The Balaban J connectivity index is 1.54. The number of ether oxygens (including phenoxy) is 1. The van der Waals surface area contributed by atoms with Crippen LogP contribution in [0.3, 0.4) is 0 Å². The fraction of sp³-hybridized carbons (Fsp3) is 0.500. The molecule has 1 aromatic heterocycles. The van der Waals surface area contributed by atoms with Crippen LogP contribution in [-0.4, -0.2) is 39.9 Å². The number of hydrogen-bond donors (Lipinski definition) is 0. The number of pyridine rings is 1. The summed E-state index contributed by atoms with van der Waals surface area (Å²) < 4.78 is 19.9. The molecule has 2 saturated heterocycles. The van der Waals surface area contributed by atoms with Crippen molar-refractivity contribution in [3.8, 4) is 5.75 Å². The second-order valence-corrected chi connectivity index (χ2v) is 7.30. The molecule has 25 heavy (non-hydrogen) atoms. The third-order valence-corrected chi connectivity index (χ3v) is 5.74. The van der Waals surface area contributed by atoms with Gasteiger partial charge in [-0.3, -0.25) is 14.7 Å². The van der Waals surface area contributed by atoms with Crippen LogP contribution in [0.25, 0.3) is 10.9 Å². The standard InChI is InChI=1S/C20H23FN2O2/c1-12(13(2)24)23-15-4-5-16(23)11-17(10-15)25-20-7-8-22-19-6-3-14(21)9-18(19)20/h3,6-9,12,15-17H,4-5,10-11H2,1-2H3. The van der Waals surface area contributed by atoms with Crippen molar-refractivity contribution < 1.29 is 13.9 Å². The van der Waals surface area contributed by atoms with Gasteiger partial charge >= 0.3 is 0 Å². The molecule has 5 heteroatoms. The minimum atomic E-state index is -0.282. The summed E-state index contributed by atoms with van der Waals surface area (Å²) >= 11 is 0. The van der Waals surface area contributed by atoms with Gasteiger partial charge < -0.3 is 4.74 Å². The number of Topliss-reactive ketones (excluding diaryl/α,β-unsaturated/α-hetero) is 1. The molecule has 4 rings (SSSR count). The molecule has 2 fully saturated rings. The van der Waals surface area contributed by atoms with E-state index in [0.717, 1.165) is 36.6 Å². The third-order valence-electron chi connectivity index (χ3n) is 5.74. The average molecular weight is 342 g/mol. The predicted molar refractivity (Wildman–Crippen MR) is 94.1 cm³/mol. The van der Waals surface area contributed by atoms with E-state index in [9.17, 15) is 9.18 Å². The maximum Gasteiger partial charge on any atom is 0.146 e. The number of carbonyl (C=O) groups excluding carboxylic acids is 1. The van der Waals surface area contributed by atoms with Crippen LogP contribution in [0.2, 0.25) is 0 Å². The Hall–Kier alpha value is -2.01. The van der Waals surface area contributed by atoms with Crippen LogP contribution < -0.4 is 4.74 Å². The lowest BCUT2D eigenvalue weighted by atomic mass is 9.96. The van der Waals surface area contributed by atoms with Crippen LogP contribution in [0.5, 0.6) is 5.75 Å². The van der Waals surface area contributed by atoms with E-state index in [1.165, 1.54) is 12.1 Å². The Labute approximate surface area is 147 Å². The molecule has 0 N–H and O–H groups in total. The largest absolute Gasteiger partial charge is 0.490 e. The van der Waals surface area contributed by atoms with Crippen molar-refractivity contribution in [3.05, 3.63) is 36.3 Å². The summed E-state index contributed by atoms with van der Waals surface area (Å²) in [7, 11) is 0. The number of halogens is 1.